The van der Waals surface area contributed by atoms with E-state index >= 15 is 0 Å². The first-order chi connectivity index (χ1) is 17.9. The van der Waals surface area contributed by atoms with E-state index < -0.39 is 0 Å². The molecule has 0 saturated carbocycles. The quantitative estimate of drug-likeness (QED) is 0.288. The van der Waals surface area contributed by atoms with Crippen LogP contribution in [0, 0.1) is 18.3 Å². The lowest BCUT2D eigenvalue weighted by molar-refractivity contribution is -0.122. The van der Waals surface area contributed by atoms with Crippen LogP contribution in [0.15, 0.2) is 40.0 Å². The van der Waals surface area contributed by atoms with Gasteiger partial charge in [0.25, 0.3) is 11.5 Å². The van der Waals surface area contributed by atoms with Crippen LogP contribution >= 0.6 is 24.0 Å². The van der Waals surface area contributed by atoms with Gasteiger partial charge in [0.1, 0.15) is 21.8 Å². The zero-order chi connectivity index (χ0) is 26.5. The molecular formula is C27H31N5O3S2. The molecule has 1 aromatic carbocycles. The number of carbonyl (C=O) groups is 1. The summed E-state index contributed by atoms with van der Waals surface area (Å²) in [4.78, 5) is 32.9. The lowest BCUT2D eigenvalue weighted by Crippen LogP contribution is -2.48. The Balaban J connectivity index is 1.66. The highest BCUT2D eigenvalue weighted by Gasteiger charge is 2.33. The zero-order valence-electron chi connectivity index (χ0n) is 21.4. The fourth-order valence-corrected chi connectivity index (χ4v) is 5.99. The van der Waals surface area contributed by atoms with E-state index in [0.29, 0.717) is 59.6 Å². The van der Waals surface area contributed by atoms with E-state index in [9.17, 15) is 14.9 Å². The summed E-state index contributed by atoms with van der Waals surface area (Å²) in [6.07, 6.45) is 2.50. The predicted octanol–water partition coefficient (Wildman–Crippen LogP) is 3.52. The van der Waals surface area contributed by atoms with Crippen LogP contribution in [-0.2, 0) is 16.6 Å². The second-order valence-corrected chi connectivity index (χ2v) is 10.6. The highest BCUT2D eigenvalue weighted by atomic mass is 32.2. The molecular weight excluding hydrogens is 506 g/mol. The van der Waals surface area contributed by atoms with E-state index in [1.54, 1.807) is 29.5 Å². The molecule has 1 aromatic heterocycles. The number of pyridine rings is 1. The Bertz CT molecular complexity index is 1310. The van der Waals surface area contributed by atoms with Gasteiger partial charge in [0.05, 0.1) is 4.91 Å². The molecule has 0 spiro atoms. The second-order valence-electron chi connectivity index (χ2n) is 8.91. The number of hydrogen-bond acceptors (Lipinski definition) is 8. The molecule has 2 aliphatic rings. The number of para-hydroxylation sites is 1. The zero-order valence-corrected chi connectivity index (χ0v) is 23.0. The van der Waals surface area contributed by atoms with Crippen molar-refractivity contribution in [1.82, 2.24) is 9.47 Å². The fraction of sp³-hybridized carbons (Fsp3) is 0.407. The van der Waals surface area contributed by atoms with Crippen LogP contribution in [0.25, 0.3) is 6.08 Å². The molecule has 2 aromatic rings. The van der Waals surface area contributed by atoms with Gasteiger partial charge in [-0.25, -0.2) is 0 Å². The smallest absolute Gasteiger partial charge is 0.270 e. The average molecular weight is 538 g/mol. The molecule has 0 atom stereocenters. The number of nitrogens with zero attached hydrogens (tertiary/aromatic N) is 5. The summed E-state index contributed by atoms with van der Waals surface area (Å²) in [6.45, 7) is 8.39. The van der Waals surface area contributed by atoms with Gasteiger partial charge in [-0.05, 0) is 44.0 Å². The highest BCUT2D eigenvalue weighted by molar-refractivity contribution is 8.26. The number of anilines is 2. The molecule has 2 aliphatic heterocycles. The van der Waals surface area contributed by atoms with Gasteiger partial charge in [0, 0.05) is 64.2 Å². The van der Waals surface area contributed by atoms with Gasteiger partial charge >= 0.3 is 0 Å². The van der Waals surface area contributed by atoms with Crippen molar-refractivity contribution in [3.63, 3.8) is 0 Å². The molecule has 0 radical (unpaired) electrons. The fourth-order valence-electron chi connectivity index (χ4n) is 4.70. The van der Waals surface area contributed by atoms with E-state index in [2.05, 4.69) is 28.0 Å². The maximum Gasteiger partial charge on any atom is 0.270 e. The Morgan fingerprint density at radius 2 is 1.81 bits per heavy atom. The summed E-state index contributed by atoms with van der Waals surface area (Å²) in [5, 5.41) is 9.73. The third-order valence-electron chi connectivity index (χ3n) is 6.69. The van der Waals surface area contributed by atoms with Crippen molar-refractivity contribution < 1.29 is 9.53 Å². The maximum absolute atomic E-state index is 13.2. The molecule has 0 aliphatic carbocycles. The van der Waals surface area contributed by atoms with Gasteiger partial charge in [-0.15, -0.1) is 0 Å². The third kappa shape index (κ3) is 5.59. The van der Waals surface area contributed by atoms with Crippen molar-refractivity contribution in [2.45, 2.75) is 20.3 Å². The lowest BCUT2D eigenvalue weighted by Gasteiger charge is -2.38. The standard InChI is InChI=1S/C27H31N5O3S2/c1-4-35-16-8-11-32-26(34)23(37-27(32)36)17-21-19(2)22(18-28)25(33)29(3)24(21)31-14-12-30(13-15-31)20-9-6-5-7-10-20/h5-7,9-10,17H,4,8,11-16H2,1-3H3. The highest BCUT2D eigenvalue weighted by Crippen LogP contribution is 2.36. The van der Waals surface area contributed by atoms with Crippen LogP contribution in [-0.4, -0.2) is 65.6 Å². The van der Waals surface area contributed by atoms with Gasteiger partial charge in [-0.3, -0.25) is 19.1 Å². The monoisotopic (exact) mass is 537 g/mol. The summed E-state index contributed by atoms with van der Waals surface area (Å²) < 4.78 is 7.44. The summed E-state index contributed by atoms with van der Waals surface area (Å²) in [6, 6.07) is 12.3. The topological polar surface area (TPSA) is 81.8 Å². The number of thioether (sulfide) groups is 1. The van der Waals surface area contributed by atoms with Crippen LogP contribution in [0.3, 0.4) is 0 Å². The molecule has 2 saturated heterocycles. The van der Waals surface area contributed by atoms with E-state index in [1.807, 2.05) is 25.1 Å². The van der Waals surface area contributed by atoms with E-state index in [0.717, 1.165) is 18.9 Å². The molecule has 0 bridgehead atoms. The SMILES string of the molecule is CCOCCCN1C(=O)C(=Cc2c(C)c(C#N)c(=O)n(C)c2N2CCN(c3ccccc3)CC2)SC1=S. The number of aromatic nitrogens is 1. The first-order valence-electron chi connectivity index (χ1n) is 12.4. The van der Waals surface area contributed by atoms with Crippen molar-refractivity contribution in [3.8, 4) is 6.07 Å². The summed E-state index contributed by atoms with van der Waals surface area (Å²) in [5.74, 6) is 0.564. The van der Waals surface area contributed by atoms with Crippen LogP contribution in [0.5, 0.6) is 0 Å². The molecule has 3 heterocycles. The average Bonchev–Trinajstić information content (AvgIpc) is 3.18. The Labute approximate surface area is 227 Å². The summed E-state index contributed by atoms with van der Waals surface area (Å²) in [7, 11) is 1.69. The van der Waals surface area contributed by atoms with Crippen LogP contribution in [0.4, 0.5) is 11.5 Å². The van der Waals surface area contributed by atoms with Crippen LogP contribution < -0.4 is 15.4 Å². The predicted molar refractivity (Wildman–Crippen MR) is 153 cm³/mol. The Kier molecular flexibility index (Phi) is 8.69. The van der Waals surface area contributed by atoms with Gasteiger partial charge in [-0.2, -0.15) is 5.26 Å². The number of nitriles is 1. The van der Waals surface area contributed by atoms with Gasteiger partial charge in [0.2, 0.25) is 0 Å². The Morgan fingerprint density at radius 1 is 1.14 bits per heavy atom. The molecule has 8 nitrogen and oxygen atoms in total. The summed E-state index contributed by atoms with van der Waals surface area (Å²) >= 11 is 6.75. The summed E-state index contributed by atoms with van der Waals surface area (Å²) in [5.41, 5.74) is 2.21. The number of benzene rings is 1. The minimum atomic E-state index is -0.332. The molecule has 10 heteroatoms. The second kappa shape index (κ2) is 11.9. The van der Waals surface area contributed by atoms with Crippen molar-refractivity contribution >= 4 is 51.8 Å². The van der Waals surface area contributed by atoms with Gasteiger partial charge < -0.3 is 14.5 Å². The van der Waals surface area contributed by atoms with Gasteiger partial charge in [-0.1, -0.05) is 42.2 Å². The third-order valence-corrected chi connectivity index (χ3v) is 8.07. The normalized spacial score (nSPS) is 17.1. The first kappa shape index (κ1) is 26.9. The largest absolute Gasteiger partial charge is 0.382 e. The van der Waals surface area contributed by atoms with Crippen molar-refractivity contribution in [2.24, 2.45) is 7.05 Å². The van der Waals surface area contributed by atoms with E-state index in [1.165, 1.54) is 17.4 Å². The molecule has 0 unspecified atom stereocenters. The Hall–Kier alpha value is -3.13. The number of rotatable bonds is 8. The molecule has 2 fully saturated rings. The lowest BCUT2D eigenvalue weighted by atomic mass is 10.0. The minimum absolute atomic E-state index is 0.0904. The maximum atomic E-state index is 13.2. The molecule has 194 valence electrons. The van der Waals surface area contributed by atoms with Crippen molar-refractivity contribution in [2.75, 3.05) is 55.7 Å². The number of hydrogen-bond donors (Lipinski definition) is 0. The number of thiocarbonyl (C=S) groups is 1. The van der Waals surface area contributed by atoms with Crippen LogP contribution in [0.2, 0.25) is 0 Å². The van der Waals surface area contributed by atoms with E-state index in [-0.39, 0.29) is 17.0 Å². The van der Waals surface area contributed by atoms with Gasteiger partial charge in [0.15, 0.2) is 0 Å². The van der Waals surface area contributed by atoms with Crippen molar-refractivity contribution in [3.05, 3.63) is 62.3 Å². The number of piperazine rings is 1. The molecule has 4 rings (SSSR count). The minimum Gasteiger partial charge on any atom is -0.382 e. The van der Waals surface area contributed by atoms with E-state index in [4.69, 9.17) is 17.0 Å². The Morgan fingerprint density at radius 3 is 2.46 bits per heavy atom. The first-order valence-corrected chi connectivity index (χ1v) is 13.6. The molecule has 37 heavy (non-hydrogen) atoms. The molecule has 0 N–H and O–H groups in total. The van der Waals surface area contributed by atoms with Crippen molar-refractivity contribution in [1.29, 1.82) is 5.26 Å². The number of amides is 1. The molecule has 1 amide bonds. The van der Waals surface area contributed by atoms with Crippen LogP contribution in [0.1, 0.15) is 30.0 Å². The number of ether oxygens (including phenoxy) is 1. The number of carbonyl (C=O) groups excluding carboxylic acids is 1.